The number of benzene rings is 1. The van der Waals surface area contributed by atoms with Gasteiger partial charge in [0, 0.05) is 47.7 Å². The molecule has 146 valence electrons. The summed E-state index contributed by atoms with van der Waals surface area (Å²) in [5.41, 5.74) is 8.44. The van der Waals surface area contributed by atoms with Crippen LogP contribution >= 0.6 is 0 Å². The number of nitrogen functional groups attached to an aromatic ring is 1. The molecule has 0 fully saturated rings. The Morgan fingerprint density at radius 1 is 1.43 bits per heavy atom. The fraction of sp³-hybridized carbons (Fsp3) is 0.286. The molecule has 3 rings (SSSR count). The highest BCUT2D eigenvalue weighted by Crippen LogP contribution is 2.30. The zero-order chi connectivity index (χ0) is 20.1. The van der Waals surface area contributed by atoms with Gasteiger partial charge in [-0.3, -0.25) is 4.79 Å². The zero-order valence-electron chi connectivity index (χ0n) is 16.1. The van der Waals surface area contributed by atoms with Crippen molar-refractivity contribution < 1.29 is 9.21 Å². The summed E-state index contributed by atoms with van der Waals surface area (Å²) in [6.07, 6.45) is 9.39. The Bertz CT molecular complexity index is 925. The van der Waals surface area contributed by atoms with Crippen molar-refractivity contribution in [2.24, 2.45) is 0 Å². The minimum atomic E-state index is 0.0415. The monoisotopic (exact) mass is 379 g/mol. The van der Waals surface area contributed by atoms with Crippen LogP contribution in [0.2, 0.25) is 0 Å². The summed E-state index contributed by atoms with van der Waals surface area (Å²) in [6, 6.07) is 5.68. The van der Waals surface area contributed by atoms with Gasteiger partial charge in [-0.25, -0.2) is 4.98 Å². The topological polar surface area (TPSA) is 108 Å². The standard InChI is InChI=1S/C21H25N5O2/c1-3-26(4-2)20(27)15-7-5-14(6-8-15)19-13-24-21(28-19)25-17-9-10-18(23)16(11-17)12-22/h5,7-14,22H,3-4,6,23H2,1-2H3,(H,24,25). The Labute approximate surface area is 164 Å². The first-order chi connectivity index (χ1) is 13.5. The van der Waals surface area contributed by atoms with Crippen LogP contribution in [-0.4, -0.2) is 35.1 Å². The van der Waals surface area contributed by atoms with Gasteiger partial charge in [0.1, 0.15) is 5.76 Å². The summed E-state index contributed by atoms with van der Waals surface area (Å²) in [4.78, 5) is 18.5. The van der Waals surface area contributed by atoms with Crippen molar-refractivity contribution in [2.45, 2.75) is 26.2 Å². The summed E-state index contributed by atoms with van der Waals surface area (Å²) < 4.78 is 5.83. The molecule has 1 aromatic carbocycles. The zero-order valence-corrected chi connectivity index (χ0v) is 16.1. The molecular weight excluding hydrogens is 354 g/mol. The Hall–Kier alpha value is -3.35. The van der Waals surface area contributed by atoms with Gasteiger partial charge in [0.25, 0.3) is 11.9 Å². The molecule has 0 spiro atoms. The van der Waals surface area contributed by atoms with E-state index in [-0.39, 0.29) is 11.8 Å². The predicted octanol–water partition coefficient (Wildman–Crippen LogP) is 3.84. The number of aromatic nitrogens is 1. The molecule has 4 N–H and O–H groups in total. The average Bonchev–Trinajstić information content (AvgIpc) is 3.19. The fourth-order valence-electron chi connectivity index (χ4n) is 3.10. The maximum absolute atomic E-state index is 12.4. The van der Waals surface area contributed by atoms with Gasteiger partial charge in [0.15, 0.2) is 0 Å². The lowest BCUT2D eigenvalue weighted by molar-refractivity contribution is -0.126. The highest BCUT2D eigenvalue weighted by atomic mass is 16.4. The molecule has 1 aliphatic rings. The van der Waals surface area contributed by atoms with Crippen LogP contribution in [0.4, 0.5) is 17.4 Å². The van der Waals surface area contributed by atoms with Crippen LogP contribution < -0.4 is 11.1 Å². The van der Waals surface area contributed by atoms with E-state index in [1.807, 2.05) is 37.0 Å². The number of hydrogen-bond acceptors (Lipinski definition) is 6. The number of allylic oxidation sites excluding steroid dienone is 2. The molecule has 0 aliphatic heterocycles. The van der Waals surface area contributed by atoms with Crippen molar-refractivity contribution in [1.29, 1.82) is 5.41 Å². The van der Waals surface area contributed by atoms with Crippen molar-refractivity contribution in [2.75, 3.05) is 24.1 Å². The first kappa shape index (κ1) is 19.4. The van der Waals surface area contributed by atoms with Crippen LogP contribution in [0.1, 0.15) is 37.5 Å². The fourth-order valence-corrected chi connectivity index (χ4v) is 3.10. The van der Waals surface area contributed by atoms with Crippen LogP contribution in [0.3, 0.4) is 0 Å². The van der Waals surface area contributed by atoms with E-state index in [2.05, 4.69) is 10.3 Å². The summed E-state index contributed by atoms with van der Waals surface area (Å²) in [7, 11) is 0. The van der Waals surface area contributed by atoms with Gasteiger partial charge in [0.05, 0.1) is 6.20 Å². The number of hydrogen-bond donors (Lipinski definition) is 3. The molecule has 7 heteroatoms. The van der Waals surface area contributed by atoms with Gasteiger partial charge >= 0.3 is 0 Å². The van der Waals surface area contributed by atoms with Crippen molar-refractivity contribution in [3.63, 3.8) is 0 Å². The van der Waals surface area contributed by atoms with Gasteiger partial charge in [-0.1, -0.05) is 18.2 Å². The summed E-state index contributed by atoms with van der Waals surface area (Å²) in [5.74, 6) is 0.830. The van der Waals surface area contributed by atoms with Crippen LogP contribution in [0.25, 0.3) is 0 Å². The molecule has 1 aliphatic carbocycles. The normalized spacial score (nSPS) is 15.8. The largest absolute Gasteiger partial charge is 0.428 e. The number of nitrogens with one attached hydrogen (secondary N) is 2. The van der Waals surface area contributed by atoms with Crippen LogP contribution in [0, 0.1) is 5.41 Å². The first-order valence-electron chi connectivity index (χ1n) is 9.36. The highest BCUT2D eigenvalue weighted by molar-refractivity contribution is 5.96. The smallest absolute Gasteiger partial charge is 0.299 e. The van der Waals surface area contributed by atoms with Crippen LogP contribution in [0.5, 0.6) is 0 Å². The van der Waals surface area contributed by atoms with Gasteiger partial charge in [-0.05, 0) is 38.5 Å². The molecule has 1 aromatic heterocycles. The number of amides is 1. The lowest BCUT2D eigenvalue weighted by Gasteiger charge is -2.21. The second-order valence-electron chi connectivity index (χ2n) is 6.52. The van der Waals surface area contributed by atoms with E-state index < -0.39 is 0 Å². The van der Waals surface area contributed by atoms with Crippen LogP contribution in [-0.2, 0) is 4.79 Å². The Morgan fingerprint density at radius 2 is 2.21 bits per heavy atom. The molecule has 0 saturated carbocycles. The number of oxazole rings is 1. The number of rotatable bonds is 7. The van der Waals surface area contributed by atoms with Gasteiger partial charge in [-0.15, -0.1) is 0 Å². The third kappa shape index (κ3) is 4.14. The number of nitrogens with zero attached hydrogens (tertiary/aromatic N) is 2. The molecule has 1 heterocycles. The van der Waals surface area contributed by atoms with E-state index in [4.69, 9.17) is 15.6 Å². The SMILES string of the molecule is CCN(CC)C(=O)C1=CCC(c2cnc(Nc3ccc(N)c(C=N)c3)o2)C=C1. The van der Waals surface area contributed by atoms with E-state index in [1.165, 1.54) is 6.21 Å². The predicted molar refractivity (Wildman–Crippen MR) is 111 cm³/mol. The van der Waals surface area contributed by atoms with E-state index in [9.17, 15) is 4.79 Å². The molecule has 0 bridgehead atoms. The van der Waals surface area contributed by atoms with E-state index >= 15 is 0 Å². The van der Waals surface area contributed by atoms with Gasteiger partial charge < -0.3 is 25.8 Å². The lowest BCUT2D eigenvalue weighted by Crippen LogP contribution is -2.31. The first-order valence-corrected chi connectivity index (χ1v) is 9.36. The van der Waals surface area contributed by atoms with Crippen molar-refractivity contribution in [3.05, 3.63) is 59.5 Å². The number of anilines is 3. The van der Waals surface area contributed by atoms with Crippen molar-refractivity contribution >= 4 is 29.5 Å². The number of nitrogens with two attached hydrogens (primary N) is 1. The Balaban J connectivity index is 1.66. The summed E-state index contributed by atoms with van der Waals surface area (Å²) in [6.45, 7) is 5.36. The quantitative estimate of drug-likeness (QED) is 0.500. The lowest BCUT2D eigenvalue weighted by atomic mass is 9.94. The third-order valence-electron chi connectivity index (χ3n) is 4.78. The minimum absolute atomic E-state index is 0.0415. The maximum Gasteiger partial charge on any atom is 0.299 e. The molecule has 2 aromatic rings. The summed E-state index contributed by atoms with van der Waals surface area (Å²) in [5, 5.41) is 10.5. The number of carbonyl (C=O) groups is 1. The molecule has 0 radical (unpaired) electrons. The maximum atomic E-state index is 12.4. The van der Waals surface area contributed by atoms with E-state index in [0.29, 0.717) is 36.8 Å². The highest BCUT2D eigenvalue weighted by Gasteiger charge is 2.20. The molecule has 0 saturated heterocycles. The molecule has 1 amide bonds. The second kappa shape index (κ2) is 8.56. The molecule has 1 unspecified atom stereocenters. The molecule has 1 atom stereocenters. The minimum Gasteiger partial charge on any atom is -0.428 e. The van der Waals surface area contributed by atoms with Crippen LogP contribution in [0.15, 0.2) is 52.6 Å². The molecule has 28 heavy (non-hydrogen) atoms. The third-order valence-corrected chi connectivity index (χ3v) is 4.78. The number of carbonyl (C=O) groups excluding carboxylic acids is 1. The van der Waals surface area contributed by atoms with Crippen molar-refractivity contribution in [1.82, 2.24) is 9.88 Å². The van der Waals surface area contributed by atoms with Crippen molar-refractivity contribution in [3.8, 4) is 0 Å². The van der Waals surface area contributed by atoms with E-state index in [0.717, 1.165) is 17.0 Å². The summed E-state index contributed by atoms with van der Waals surface area (Å²) >= 11 is 0. The average molecular weight is 379 g/mol. The molecular formula is C21H25N5O2. The number of likely N-dealkylation sites (N-methyl/N-ethyl adjacent to an activating group) is 1. The Morgan fingerprint density at radius 3 is 2.86 bits per heavy atom. The van der Waals surface area contributed by atoms with Gasteiger partial charge in [-0.2, -0.15) is 0 Å². The van der Waals surface area contributed by atoms with E-state index in [1.54, 1.807) is 24.4 Å². The van der Waals surface area contributed by atoms with Gasteiger partial charge in [0.2, 0.25) is 0 Å². The molecule has 7 nitrogen and oxygen atoms in total. The second-order valence-corrected chi connectivity index (χ2v) is 6.52. The Kier molecular flexibility index (Phi) is 5.93.